The van der Waals surface area contributed by atoms with Gasteiger partial charge in [-0.25, -0.2) is 4.98 Å². The van der Waals surface area contributed by atoms with Crippen molar-refractivity contribution in [1.29, 1.82) is 0 Å². The van der Waals surface area contributed by atoms with Crippen LogP contribution in [-0.4, -0.2) is 53.4 Å². The minimum Gasteiger partial charge on any atom is -0.392 e. The molecule has 3 N–H and O–H groups in total. The van der Waals surface area contributed by atoms with Crippen molar-refractivity contribution in [3.63, 3.8) is 0 Å². The number of aliphatic hydroxyl groups is 1. The molecule has 5 rings (SSSR count). The molecular formula is C27H37ClN5O4P. The summed E-state index contributed by atoms with van der Waals surface area (Å²) in [6, 6.07) is 5.52. The number of aliphatic hydroxyl groups excluding tert-OH is 1. The number of nitrogens with zero attached hydrogens (tertiary/aromatic N) is 3. The minimum atomic E-state index is -1.92. The lowest BCUT2D eigenvalue weighted by Gasteiger charge is -2.28. The van der Waals surface area contributed by atoms with Gasteiger partial charge >= 0.3 is 0 Å². The Morgan fingerprint density at radius 1 is 1.26 bits per heavy atom. The fraction of sp³-hybridized carbons (Fsp3) is 0.593. The number of anilines is 2. The van der Waals surface area contributed by atoms with Crippen molar-refractivity contribution < 1.29 is 19.0 Å². The van der Waals surface area contributed by atoms with E-state index in [1.165, 1.54) is 19.3 Å². The van der Waals surface area contributed by atoms with Crippen LogP contribution in [0.25, 0.3) is 0 Å². The van der Waals surface area contributed by atoms with Gasteiger partial charge in [-0.15, -0.1) is 0 Å². The number of aromatic nitrogens is 2. The Morgan fingerprint density at radius 2 is 2.05 bits per heavy atom. The van der Waals surface area contributed by atoms with Gasteiger partial charge in [0.05, 0.1) is 12.7 Å². The number of amides is 1. The molecule has 1 atom stereocenters. The first kappa shape index (κ1) is 27.4. The first-order valence-corrected chi connectivity index (χ1v) is 15.7. The van der Waals surface area contributed by atoms with E-state index in [0.717, 1.165) is 44.3 Å². The van der Waals surface area contributed by atoms with Gasteiger partial charge in [0.25, 0.3) is 5.91 Å². The Hall–Kier alpha value is -2.19. The number of carbonyl (C=O) groups is 1. The van der Waals surface area contributed by atoms with Crippen molar-refractivity contribution in [2.75, 3.05) is 36.5 Å². The molecule has 0 bridgehead atoms. The zero-order valence-electron chi connectivity index (χ0n) is 21.8. The molecule has 1 amide bonds. The van der Waals surface area contributed by atoms with Gasteiger partial charge in [0.15, 0.2) is 8.03 Å². The van der Waals surface area contributed by atoms with Crippen molar-refractivity contribution in [2.24, 2.45) is 11.3 Å². The molecule has 2 saturated carbocycles. The third kappa shape index (κ3) is 6.68. The van der Waals surface area contributed by atoms with Crippen molar-refractivity contribution in [2.45, 2.75) is 64.2 Å². The largest absolute Gasteiger partial charge is 0.392 e. The summed E-state index contributed by atoms with van der Waals surface area (Å²) in [7, 11) is -1.92. The van der Waals surface area contributed by atoms with E-state index in [-0.39, 0.29) is 18.6 Å². The number of hydrogen-bond donors (Lipinski definition) is 3. The van der Waals surface area contributed by atoms with Gasteiger partial charge < -0.3 is 25.2 Å². The van der Waals surface area contributed by atoms with E-state index in [0.29, 0.717) is 52.3 Å². The van der Waals surface area contributed by atoms with Crippen LogP contribution in [0.5, 0.6) is 0 Å². The fourth-order valence-corrected chi connectivity index (χ4v) is 6.52. The van der Waals surface area contributed by atoms with Crippen molar-refractivity contribution in [1.82, 2.24) is 15.3 Å². The highest BCUT2D eigenvalue weighted by molar-refractivity contribution is 7.38. The Labute approximate surface area is 229 Å². The lowest BCUT2D eigenvalue weighted by Crippen LogP contribution is -2.33. The van der Waals surface area contributed by atoms with E-state index in [1.807, 2.05) is 12.1 Å². The van der Waals surface area contributed by atoms with Gasteiger partial charge in [0.1, 0.15) is 11.4 Å². The first-order chi connectivity index (χ1) is 18.3. The van der Waals surface area contributed by atoms with Gasteiger partial charge in [-0.3, -0.25) is 9.36 Å². The average Bonchev–Trinajstić information content (AvgIpc) is 3.54. The van der Waals surface area contributed by atoms with E-state index >= 15 is 0 Å². The molecular weight excluding hydrogens is 525 g/mol. The molecule has 1 aliphatic heterocycles. The third-order valence-corrected chi connectivity index (χ3v) is 9.14. The predicted molar refractivity (Wildman–Crippen MR) is 149 cm³/mol. The molecule has 3 aliphatic rings. The van der Waals surface area contributed by atoms with E-state index in [1.54, 1.807) is 18.9 Å². The van der Waals surface area contributed by atoms with E-state index < -0.39 is 8.03 Å². The van der Waals surface area contributed by atoms with Crippen LogP contribution >= 0.6 is 19.6 Å². The Balaban J connectivity index is 1.26. The Kier molecular flexibility index (Phi) is 8.58. The SMILES string of the molecule is C[PH](=O)OC1CCC(CNC(=O)c2cnc(N3CCC4(CC4)C3)nc2NCc2ccc(CO)c(Cl)c2)CC1. The highest BCUT2D eigenvalue weighted by Crippen LogP contribution is 2.53. The molecule has 1 spiro atoms. The lowest BCUT2D eigenvalue weighted by molar-refractivity contribution is 0.0932. The number of benzene rings is 1. The van der Waals surface area contributed by atoms with Gasteiger partial charge in [0, 0.05) is 44.1 Å². The molecule has 1 unspecified atom stereocenters. The van der Waals surface area contributed by atoms with E-state index in [4.69, 9.17) is 21.1 Å². The average molecular weight is 562 g/mol. The molecule has 2 heterocycles. The summed E-state index contributed by atoms with van der Waals surface area (Å²) in [4.78, 5) is 24.9. The maximum absolute atomic E-state index is 13.3. The van der Waals surface area contributed by atoms with Gasteiger partial charge in [-0.2, -0.15) is 4.98 Å². The summed E-state index contributed by atoms with van der Waals surface area (Å²) in [5, 5.41) is 16.3. The van der Waals surface area contributed by atoms with Crippen LogP contribution in [-0.2, 0) is 22.2 Å². The van der Waals surface area contributed by atoms with Gasteiger partial charge in [-0.1, -0.05) is 23.7 Å². The van der Waals surface area contributed by atoms with Crippen LogP contribution in [0.15, 0.2) is 24.4 Å². The molecule has 0 radical (unpaired) electrons. The van der Waals surface area contributed by atoms with Crippen LogP contribution in [0, 0.1) is 11.3 Å². The fourth-order valence-electron chi connectivity index (χ4n) is 5.55. The molecule has 2 aliphatic carbocycles. The van der Waals surface area contributed by atoms with Crippen LogP contribution < -0.4 is 15.5 Å². The molecule has 3 fully saturated rings. The quantitative estimate of drug-likeness (QED) is 0.359. The number of carbonyl (C=O) groups excluding carboxylic acids is 1. The molecule has 11 heteroatoms. The third-order valence-electron chi connectivity index (χ3n) is 8.12. The molecule has 1 saturated heterocycles. The second-order valence-corrected chi connectivity index (χ2v) is 12.6. The second-order valence-electron chi connectivity index (χ2n) is 11.0. The zero-order valence-corrected chi connectivity index (χ0v) is 23.6. The molecule has 9 nitrogen and oxygen atoms in total. The highest BCUT2D eigenvalue weighted by atomic mass is 35.5. The summed E-state index contributed by atoms with van der Waals surface area (Å²) >= 11 is 6.28. The smallest absolute Gasteiger partial charge is 0.256 e. The zero-order chi connectivity index (χ0) is 26.7. The van der Waals surface area contributed by atoms with E-state index in [2.05, 4.69) is 20.5 Å². The van der Waals surface area contributed by atoms with Crippen LogP contribution in [0.3, 0.4) is 0 Å². The molecule has 2 aromatic rings. The maximum atomic E-state index is 13.3. The number of rotatable bonds is 10. The highest BCUT2D eigenvalue weighted by Gasteiger charge is 2.48. The predicted octanol–water partition coefficient (Wildman–Crippen LogP) is 4.63. The summed E-state index contributed by atoms with van der Waals surface area (Å²) < 4.78 is 16.9. The lowest BCUT2D eigenvalue weighted by atomic mass is 9.87. The van der Waals surface area contributed by atoms with Crippen molar-refractivity contribution >= 4 is 37.3 Å². The summed E-state index contributed by atoms with van der Waals surface area (Å²) in [6.45, 7) is 4.41. The summed E-state index contributed by atoms with van der Waals surface area (Å²) in [5.74, 6) is 1.30. The normalized spacial score (nSPS) is 22.9. The minimum absolute atomic E-state index is 0.0652. The summed E-state index contributed by atoms with van der Waals surface area (Å²) in [6.07, 6.45) is 8.99. The van der Waals surface area contributed by atoms with Crippen molar-refractivity contribution in [3.05, 3.63) is 46.1 Å². The van der Waals surface area contributed by atoms with Crippen LogP contribution in [0.4, 0.5) is 11.8 Å². The molecule has 1 aromatic heterocycles. The van der Waals surface area contributed by atoms with Crippen LogP contribution in [0.2, 0.25) is 5.02 Å². The van der Waals surface area contributed by atoms with Crippen LogP contribution in [0.1, 0.15) is 66.4 Å². The molecule has 206 valence electrons. The summed E-state index contributed by atoms with van der Waals surface area (Å²) in [5.41, 5.74) is 2.45. The maximum Gasteiger partial charge on any atom is 0.256 e. The molecule has 38 heavy (non-hydrogen) atoms. The monoisotopic (exact) mass is 561 g/mol. The topological polar surface area (TPSA) is 117 Å². The number of nitrogens with one attached hydrogen (secondary N) is 2. The molecule has 1 aromatic carbocycles. The number of hydrogen-bond acceptors (Lipinski definition) is 8. The van der Waals surface area contributed by atoms with Gasteiger partial charge in [0.2, 0.25) is 5.95 Å². The Morgan fingerprint density at radius 3 is 2.71 bits per heavy atom. The second kappa shape index (κ2) is 11.9. The Bertz CT molecular complexity index is 1190. The van der Waals surface area contributed by atoms with Gasteiger partial charge in [-0.05, 0) is 73.5 Å². The first-order valence-electron chi connectivity index (χ1n) is 13.5. The van der Waals surface area contributed by atoms with E-state index in [9.17, 15) is 14.5 Å². The number of halogens is 1. The standard InChI is InChI=1S/C27H37ClN5O4P/c1-38(36)37-21-6-3-18(4-7-21)13-30-25(35)22-15-31-26(33-11-10-27(17-33)8-9-27)32-24(22)29-14-19-2-5-20(16-34)23(28)12-19/h2,5,12,15,18,21,34,38H,3-4,6-11,13-14,16-17H2,1H3,(H,30,35)(H,29,31,32). The van der Waals surface area contributed by atoms with Crippen molar-refractivity contribution in [3.8, 4) is 0 Å².